The topological polar surface area (TPSA) is 76.3 Å². The van der Waals surface area contributed by atoms with Gasteiger partial charge in [0.25, 0.3) is 10.0 Å². The molecule has 1 N–H and O–H groups in total. The Morgan fingerprint density at radius 1 is 1.21 bits per heavy atom. The highest BCUT2D eigenvalue weighted by atomic mass is 35.5. The van der Waals surface area contributed by atoms with Crippen molar-refractivity contribution in [2.75, 3.05) is 5.32 Å². The predicted molar refractivity (Wildman–Crippen MR) is 72.3 cm³/mol. The lowest BCUT2D eigenvalue weighted by molar-refractivity contribution is 0.597. The summed E-state index contributed by atoms with van der Waals surface area (Å²) in [5.74, 6) is 0.128. The fraction of sp³-hybridized carbons (Fsp3) is 0. The molecule has 19 heavy (non-hydrogen) atoms. The number of halogens is 2. The summed E-state index contributed by atoms with van der Waals surface area (Å²) in [6.07, 6.45) is 4.52. The Morgan fingerprint density at radius 2 is 1.95 bits per heavy atom. The molecule has 3 rings (SSSR count). The zero-order chi connectivity index (χ0) is 13.6. The Bertz CT molecular complexity index is 784. The van der Waals surface area contributed by atoms with Crippen LogP contribution in [0.2, 0.25) is 10.0 Å². The highest BCUT2D eigenvalue weighted by Gasteiger charge is 2.26. The number of anilines is 1. The normalized spacial score (nSPS) is 16.4. The highest BCUT2D eigenvalue weighted by Crippen LogP contribution is 2.34. The van der Waals surface area contributed by atoms with Gasteiger partial charge >= 0.3 is 0 Å². The second-order valence-corrected chi connectivity index (χ2v) is 6.13. The van der Waals surface area contributed by atoms with E-state index in [2.05, 4.69) is 14.7 Å². The lowest BCUT2D eigenvalue weighted by Gasteiger charge is -2.18. The third-order valence-corrected chi connectivity index (χ3v) is 4.53. The molecule has 0 spiro atoms. The summed E-state index contributed by atoms with van der Waals surface area (Å²) in [5.41, 5.74) is 0.327. The maximum absolute atomic E-state index is 12.1. The molecule has 1 aliphatic heterocycles. The molecular weight excluding hydrogens is 311 g/mol. The highest BCUT2D eigenvalue weighted by molar-refractivity contribution is 7.90. The summed E-state index contributed by atoms with van der Waals surface area (Å²) >= 11 is 11.7. The van der Waals surface area contributed by atoms with Crippen LogP contribution in [-0.4, -0.2) is 23.9 Å². The first kappa shape index (κ1) is 12.5. The van der Waals surface area contributed by atoms with Crippen LogP contribution in [0, 0.1) is 0 Å². The van der Waals surface area contributed by atoms with Gasteiger partial charge in [-0.05, 0) is 12.1 Å². The molecule has 2 aromatic rings. The van der Waals surface area contributed by atoms with E-state index in [0.717, 1.165) is 0 Å². The number of nitrogens with zero attached hydrogens (tertiary/aromatic N) is 3. The Labute approximate surface area is 118 Å². The van der Waals surface area contributed by atoms with Crippen LogP contribution in [0.25, 0.3) is 0 Å². The van der Waals surface area contributed by atoms with E-state index in [-0.39, 0.29) is 20.9 Å². The lowest BCUT2D eigenvalue weighted by Crippen LogP contribution is -2.27. The number of benzene rings is 1. The van der Waals surface area contributed by atoms with Crippen LogP contribution < -0.4 is 5.32 Å². The van der Waals surface area contributed by atoms with Crippen molar-refractivity contribution >= 4 is 44.9 Å². The molecule has 0 amide bonds. The molecule has 0 aliphatic carbocycles. The van der Waals surface area contributed by atoms with E-state index >= 15 is 0 Å². The molecule has 1 aliphatic rings. The second-order valence-electron chi connectivity index (χ2n) is 3.75. The number of hydrogen-bond acceptors (Lipinski definition) is 4. The molecule has 0 saturated carbocycles. The minimum Gasteiger partial charge on any atom is -0.323 e. The van der Waals surface area contributed by atoms with E-state index in [1.54, 1.807) is 6.20 Å². The minimum atomic E-state index is -3.82. The first-order chi connectivity index (χ1) is 8.97. The van der Waals surface area contributed by atoms with Crippen LogP contribution >= 0.6 is 23.2 Å². The molecule has 6 nitrogen and oxygen atoms in total. The molecule has 0 atom stereocenters. The van der Waals surface area contributed by atoms with E-state index in [9.17, 15) is 8.42 Å². The Kier molecular flexibility index (Phi) is 2.77. The summed E-state index contributed by atoms with van der Waals surface area (Å²) in [5, 5.41) is 3.29. The van der Waals surface area contributed by atoms with Crippen LogP contribution in [0.3, 0.4) is 0 Å². The molecule has 2 heterocycles. The van der Waals surface area contributed by atoms with E-state index in [4.69, 9.17) is 23.2 Å². The van der Waals surface area contributed by atoms with E-state index in [1.807, 2.05) is 0 Å². The maximum atomic E-state index is 12.1. The van der Waals surface area contributed by atoms with Gasteiger partial charge < -0.3 is 5.32 Å². The zero-order valence-electron chi connectivity index (χ0n) is 9.21. The molecule has 0 bridgehead atoms. The Morgan fingerprint density at radius 3 is 2.63 bits per heavy atom. The summed E-state index contributed by atoms with van der Waals surface area (Å²) in [7, 11) is -3.82. The molecule has 0 fully saturated rings. The first-order valence-electron chi connectivity index (χ1n) is 5.07. The molecule has 98 valence electrons. The largest absolute Gasteiger partial charge is 0.323 e. The monoisotopic (exact) mass is 316 g/mol. The van der Waals surface area contributed by atoms with Gasteiger partial charge in [0.15, 0.2) is 0 Å². The second kappa shape index (κ2) is 4.22. The summed E-state index contributed by atoms with van der Waals surface area (Å²) in [6, 6.07) is 2.72. The number of sulfonamides is 1. The Balaban J connectivity index is 2.20. The van der Waals surface area contributed by atoms with Crippen molar-refractivity contribution < 1.29 is 8.42 Å². The SMILES string of the molecule is O=S1(=O)N=C(n2ccnc2)Nc2cc(Cl)c(Cl)cc21. The van der Waals surface area contributed by atoms with Crippen LogP contribution in [0.1, 0.15) is 0 Å². The molecule has 0 radical (unpaired) electrons. The first-order valence-corrected chi connectivity index (χ1v) is 7.26. The van der Waals surface area contributed by atoms with Gasteiger partial charge in [-0.1, -0.05) is 23.2 Å². The van der Waals surface area contributed by atoms with Crippen LogP contribution in [0.5, 0.6) is 0 Å². The van der Waals surface area contributed by atoms with Crippen molar-refractivity contribution in [2.24, 2.45) is 4.40 Å². The van der Waals surface area contributed by atoms with Crippen molar-refractivity contribution in [1.29, 1.82) is 0 Å². The van der Waals surface area contributed by atoms with Crippen molar-refractivity contribution in [3.05, 3.63) is 40.9 Å². The van der Waals surface area contributed by atoms with E-state index < -0.39 is 10.0 Å². The maximum Gasteiger partial charge on any atom is 0.287 e. The van der Waals surface area contributed by atoms with Gasteiger partial charge in [0.1, 0.15) is 11.2 Å². The smallest absolute Gasteiger partial charge is 0.287 e. The average molecular weight is 317 g/mol. The number of hydrogen-bond donors (Lipinski definition) is 1. The molecule has 9 heteroatoms. The van der Waals surface area contributed by atoms with Crippen molar-refractivity contribution in [2.45, 2.75) is 4.90 Å². The van der Waals surface area contributed by atoms with E-state index in [1.165, 1.54) is 29.2 Å². The van der Waals surface area contributed by atoms with Crippen molar-refractivity contribution in [1.82, 2.24) is 9.55 Å². The third kappa shape index (κ3) is 2.09. The molecule has 1 aromatic carbocycles. The quantitative estimate of drug-likeness (QED) is 0.808. The molecule has 1 aromatic heterocycles. The van der Waals surface area contributed by atoms with Crippen molar-refractivity contribution in [3.63, 3.8) is 0 Å². The van der Waals surface area contributed by atoms with Crippen LogP contribution in [0.4, 0.5) is 5.69 Å². The van der Waals surface area contributed by atoms with Gasteiger partial charge in [-0.2, -0.15) is 8.42 Å². The molecule has 0 saturated heterocycles. The number of aromatic nitrogens is 2. The summed E-state index contributed by atoms with van der Waals surface area (Å²) < 4.78 is 29.3. The predicted octanol–water partition coefficient (Wildman–Crippen LogP) is 2.21. The van der Waals surface area contributed by atoms with E-state index in [0.29, 0.717) is 5.69 Å². The van der Waals surface area contributed by atoms with Gasteiger partial charge in [0.2, 0.25) is 5.96 Å². The zero-order valence-corrected chi connectivity index (χ0v) is 11.5. The fourth-order valence-corrected chi connectivity index (χ4v) is 3.15. The van der Waals surface area contributed by atoms with Gasteiger partial charge in [-0.15, -0.1) is 4.40 Å². The lowest BCUT2D eigenvalue weighted by atomic mass is 10.3. The molecule has 0 unspecified atom stereocenters. The number of imidazole rings is 1. The standard InChI is InChI=1S/C10H6Cl2N4O2S/c11-6-3-8-9(4-7(6)12)19(17,18)15-10(14-8)16-2-1-13-5-16/h1-5H,(H,14,15). The third-order valence-electron chi connectivity index (χ3n) is 2.50. The van der Waals surface area contributed by atoms with Gasteiger partial charge in [0, 0.05) is 12.4 Å². The summed E-state index contributed by atoms with van der Waals surface area (Å²) in [4.78, 5) is 3.82. The van der Waals surface area contributed by atoms with Gasteiger partial charge in [-0.25, -0.2) is 4.98 Å². The number of rotatable bonds is 0. The fourth-order valence-electron chi connectivity index (χ4n) is 1.64. The van der Waals surface area contributed by atoms with Crippen LogP contribution in [-0.2, 0) is 10.0 Å². The minimum absolute atomic E-state index is 0.00855. The average Bonchev–Trinajstić information content (AvgIpc) is 2.84. The van der Waals surface area contributed by atoms with Crippen molar-refractivity contribution in [3.8, 4) is 0 Å². The number of nitrogens with one attached hydrogen (secondary N) is 1. The van der Waals surface area contributed by atoms with Gasteiger partial charge in [-0.3, -0.25) is 4.57 Å². The molecular formula is C10H6Cl2N4O2S. The van der Waals surface area contributed by atoms with Gasteiger partial charge in [0.05, 0.1) is 15.7 Å². The summed E-state index contributed by atoms with van der Waals surface area (Å²) in [6.45, 7) is 0. The van der Waals surface area contributed by atoms with Crippen LogP contribution in [0.15, 0.2) is 40.1 Å². The number of fused-ring (bicyclic) bond motifs is 1. The Hall–Kier alpha value is -1.57.